The fraction of sp³-hybridized carbons (Fsp3) is 0.588. The second-order valence-corrected chi connectivity index (χ2v) is 13.7. The molecular weight excluding hydrogens is 635 g/mol. The molecule has 6 nitrogen and oxygen atoms in total. The molecule has 224 valence electrons. The SMILES string of the molecule is CC(C)(C)c1cc(C(=O)O)c(O)c(C(C)(C)C)c1.O=C(O)c1cc(C2CCCCC2)cc(C2CCCCC2)c1O.[Zn].[Zn]. The number of carbonyl (C=O) groups is 2. The summed E-state index contributed by atoms with van der Waals surface area (Å²) in [6, 6.07) is 7.31. The Bertz CT molecular complexity index is 1210. The van der Waals surface area contributed by atoms with Crippen molar-refractivity contribution in [1.29, 1.82) is 0 Å². The fourth-order valence-electron chi connectivity index (χ4n) is 6.04. The van der Waals surface area contributed by atoms with Crippen LogP contribution in [0.3, 0.4) is 0 Å². The van der Waals surface area contributed by atoms with Crippen LogP contribution in [0.25, 0.3) is 0 Å². The summed E-state index contributed by atoms with van der Waals surface area (Å²) in [6.45, 7) is 12.0. The van der Waals surface area contributed by atoms with Gasteiger partial charge in [0.05, 0.1) is 0 Å². The molecule has 0 amide bonds. The van der Waals surface area contributed by atoms with Crippen LogP contribution in [0.2, 0.25) is 0 Å². The van der Waals surface area contributed by atoms with Gasteiger partial charge >= 0.3 is 11.9 Å². The number of aromatic hydroxyl groups is 2. The Kier molecular flexibility index (Phi) is 14.4. The molecule has 4 N–H and O–H groups in total. The average molecular weight is 684 g/mol. The number of benzene rings is 2. The first kappa shape index (κ1) is 38.3. The third-order valence-corrected chi connectivity index (χ3v) is 8.53. The first-order chi connectivity index (χ1) is 18.6. The molecule has 8 heteroatoms. The molecule has 0 atom stereocenters. The molecule has 4 rings (SSSR count). The molecule has 0 heterocycles. The van der Waals surface area contributed by atoms with Gasteiger partial charge in [0.1, 0.15) is 22.6 Å². The molecule has 0 aliphatic heterocycles. The van der Waals surface area contributed by atoms with Gasteiger partial charge in [-0.25, -0.2) is 9.59 Å². The van der Waals surface area contributed by atoms with Crippen molar-refractivity contribution in [2.24, 2.45) is 0 Å². The van der Waals surface area contributed by atoms with E-state index in [0.717, 1.165) is 42.4 Å². The number of rotatable bonds is 4. The number of phenols is 2. The normalized spacial score (nSPS) is 16.3. The number of carboxylic acids is 2. The molecule has 2 aliphatic rings. The maximum atomic E-state index is 11.5. The van der Waals surface area contributed by atoms with Gasteiger partial charge in [-0.15, -0.1) is 0 Å². The van der Waals surface area contributed by atoms with E-state index < -0.39 is 11.9 Å². The Morgan fingerprint density at radius 2 is 1.07 bits per heavy atom. The van der Waals surface area contributed by atoms with Crippen molar-refractivity contribution in [3.63, 3.8) is 0 Å². The van der Waals surface area contributed by atoms with Crippen molar-refractivity contribution >= 4 is 11.9 Å². The number of carboxylic acid groups (broad SMARTS) is 2. The maximum Gasteiger partial charge on any atom is 0.339 e. The van der Waals surface area contributed by atoms with Gasteiger partial charge in [-0.3, -0.25) is 0 Å². The third kappa shape index (κ3) is 9.62. The Morgan fingerprint density at radius 3 is 1.50 bits per heavy atom. The summed E-state index contributed by atoms with van der Waals surface area (Å²) in [4.78, 5) is 22.8. The minimum atomic E-state index is -1.09. The predicted molar refractivity (Wildman–Crippen MR) is 159 cm³/mol. The average Bonchev–Trinajstić information content (AvgIpc) is 2.88. The molecule has 2 saturated carbocycles. The van der Waals surface area contributed by atoms with E-state index in [1.807, 2.05) is 47.6 Å². The Balaban J connectivity index is 0.000000409. The van der Waals surface area contributed by atoms with Gasteiger partial charge < -0.3 is 20.4 Å². The molecule has 0 aromatic heterocycles. The molecule has 2 fully saturated rings. The summed E-state index contributed by atoms with van der Waals surface area (Å²) in [5, 5.41) is 39.2. The monoisotopic (exact) mass is 680 g/mol. The molecule has 0 bridgehead atoms. The summed E-state index contributed by atoms with van der Waals surface area (Å²) < 4.78 is 0. The van der Waals surface area contributed by atoms with Crippen LogP contribution in [0.15, 0.2) is 24.3 Å². The zero-order valence-corrected chi connectivity index (χ0v) is 32.5. The van der Waals surface area contributed by atoms with E-state index in [-0.39, 0.29) is 72.4 Å². The number of aromatic carboxylic acids is 2. The van der Waals surface area contributed by atoms with Crippen LogP contribution >= 0.6 is 0 Å². The molecule has 42 heavy (non-hydrogen) atoms. The van der Waals surface area contributed by atoms with Crippen molar-refractivity contribution in [1.82, 2.24) is 0 Å². The van der Waals surface area contributed by atoms with Crippen LogP contribution in [0.1, 0.15) is 161 Å². The summed E-state index contributed by atoms with van der Waals surface area (Å²) in [5.74, 6) is -1.41. The van der Waals surface area contributed by atoms with Gasteiger partial charge in [-0.05, 0) is 77.2 Å². The van der Waals surface area contributed by atoms with Gasteiger partial charge in [0, 0.05) is 44.5 Å². The topological polar surface area (TPSA) is 115 Å². The van der Waals surface area contributed by atoms with Gasteiger partial charge in [0.25, 0.3) is 0 Å². The largest absolute Gasteiger partial charge is 0.507 e. The van der Waals surface area contributed by atoms with Crippen molar-refractivity contribution in [3.8, 4) is 11.5 Å². The molecule has 0 spiro atoms. The Labute approximate surface area is 277 Å². The number of hydrogen-bond acceptors (Lipinski definition) is 4. The Morgan fingerprint density at radius 1 is 0.619 bits per heavy atom. The molecule has 0 unspecified atom stereocenters. The first-order valence-electron chi connectivity index (χ1n) is 14.8. The summed E-state index contributed by atoms with van der Waals surface area (Å²) in [7, 11) is 0. The van der Waals surface area contributed by atoms with E-state index >= 15 is 0 Å². The van der Waals surface area contributed by atoms with E-state index in [0.29, 0.717) is 17.4 Å². The minimum absolute atomic E-state index is 0. The van der Waals surface area contributed by atoms with E-state index in [1.165, 1.54) is 38.5 Å². The van der Waals surface area contributed by atoms with E-state index in [1.54, 1.807) is 12.1 Å². The molecular formula is C34H48O6Zn2. The van der Waals surface area contributed by atoms with Crippen LogP contribution in [0, 0.1) is 0 Å². The standard InChI is InChI=1S/C19H26O3.C15H22O3.2Zn/c20-18-16(14-9-5-2-6-10-14)11-15(12-17(18)19(21)22)13-7-3-1-4-8-13;1-14(2,3)9-7-10(13(17)18)12(16)11(8-9)15(4,5)6;;/h11-14,20H,1-10H2,(H,21,22);7-8,16H,1-6H3,(H,17,18);;. The molecule has 0 radical (unpaired) electrons. The second kappa shape index (κ2) is 15.8. The van der Waals surface area contributed by atoms with Crippen LogP contribution in [-0.2, 0) is 49.8 Å². The first-order valence-corrected chi connectivity index (χ1v) is 14.8. The van der Waals surface area contributed by atoms with Crippen molar-refractivity contribution in [2.75, 3.05) is 0 Å². The molecule has 0 saturated heterocycles. The smallest absolute Gasteiger partial charge is 0.339 e. The number of hydrogen-bond donors (Lipinski definition) is 4. The summed E-state index contributed by atoms with van der Waals surface area (Å²) >= 11 is 0. The second-order valence-electron chi connectivity index (χ2n) is 13.7. The van der Waals surface area contributed by atoms with Gasteiger partial charge in [-0.2, -0.15) is 0 Å². The Hall–Kier alpha value is -1.77. The predicted octanol–water partition coefficient (Wildman–Crippen LogP) is 8.87. The molecule has 2 aliphatic carbocycles. The minimum Gasteiger partial charge on any atom is -0.507 e. The van der Waals surface area contributed by atoms with E-state index in [2.05, 4.69) is 6.07 Å². The van der Waals surface area contributed by atoms with E-state index in [4.69, 9.17) is 0 Å². The third-order valence-electron chi connectivity index (χ3n) is 8.53. The zero-order valence-electron chi connectivity index (χ0n) is 26.6. The van der Waals surface area contributed by atoms with Crippen LogP contribution < -0.4 is 0 Å². The fourth-order valence-corrected chi connectivity index (χ4v) is 6.04. The van der Waals surface area contributed by atoms with Crippen LogP contribution in [0.4, 0.5) is 0 Å². The zero-order chi connectivity index (χ0) is 29.8. The molecule has 2 aromatic rings. The van der Waals surface area contributed by atoms with Crippen molar-refractivity contribution in [3.05, 3.63) is 57.6 Å². The van der Waals surface area contributed by atoms with Gasteiger partial charge in [0.2, 0.25) is 0 Å². The molecule has 2 aromatic carbocycles. The summed E-state index contributed by atoms with van der Waals surface area (Å²) in [6.07, 6.45) is 11.8. The van der Waals surface area contributed by atoms with Gasteiger partial charge in [0.15, 0.2) is 0 Å². The summed E-state index contributed by atoms with van der Waals surface area (Å²) in [5.41, 5.74) is 3.24. The van der Waals surface area contributed by atoms with Gasteiger partial charge in [-0.1, -0.05) is 92.2 Å². The van der Waals surface area contributed by atoms with Crippen LogP contribution in [0.5, 0.6) is 11.5 Å². The van der Waals surface area contributed by atoms with E-state index in [9.17, 15) is 30.0 Å². The maximum absolute atomic E-state index is 11.5. The van der Waals surface area contributed by atoms with Crippen LogP contribution in [-0.4, -0.2) is 32.4 Å². The quantitative estimate of drug-likeness (QED) is 0.240. The van der Waals surface area contributed by atoms with Crippen molar-refractivity contribution in [2.45, 2.75) is 128 Å². The van der Waals surface area contributed by atoms with Crippen molar-refractivity contribution < 1.29 is 69.0 Å².